The summed E-state index contributed by atoms with van der Waals surface area (Å²) in [4.78, 5) is 19.4. The van der Waals surface area contributed by atoms with Crippen LogP contribution in [0.3, 0.4) is 0 Å². The van der Waals surface area contributed by atoms with Gasteiger partial charge in [0.05, 0.1) is 5.69 Å². The Morgan fingerprint density at radius 2 is 2.35 bits per heavy atom. The Morgan fingerprint density at radius 3 is 3.00 bits per heavy atom. The maximum atomic E-state index is 11.9. The van der Waals surface area contributed by atoms with E-state index < -0.39 is 0 Å². The molecule has 0 radical (unpaired) electrons. The highest BCUT2D eigenvalue weighted by Gasteiger charge is 2.32. The minimum Gasteiger partial charge on any atom is -0.329 e. The molecule has 2 aromatic heterocycles. The zero-order chi connectivity index (χ0) is 13.4. The highest BCUT2D eigenvalue weighted by atomic mass is 35.5. The van der Waals surface area contributed by atoms with Gasteiger partial charge in [0, 0.05) is 36.8 Å². The second-order valence-corrected chi connectivity index (χ2v) is 6.07. The fourth-order valence-corrected chi connectivity index (χ4v) is 3.29. The molecule has 1 atom stereocenters. The number of rotatable bonds is 5. The maximum absolute atomic E-state index is 11.9. The molecular formula is C13H19ClN4OS. The fourth-order valence-electron chi connectivity index (χ4n) is 2.55. The predicted octanol–water partition coefficient (Wildman–Crippen LogP) is 1.35. The molecule has 0 aromatic carbocycles. The van der Waals surface area contributed by atoms with Gasteiger partial charge in [0.2, 0.25) is 0 Å². The molecule has 2 heterocycles. The zero-order valence-corrected chi connectivity index (χ0v) is 13.0. The molecule has 1 aliphatic carbocycles. The molecule has 2 N–H and O–H groups in total. The van der Waals surface area contributed by atoms with Gasteiger partial charge in [-0.05, 0) is 25.8 Å². The van der Waals surface area contributed by atoms with Gasteiger partial charge in [-0.2, -0.15) is 0 Å². The molecular weight excluding hydrogens is 296 g/mol. The van der Waals surface area contributed by atoms with Crippen LogP contribution < -0.4 is 11.3 Å². The molecule has 0 saturated heterocycles. The molecule has 0 amide bonds. The summed E-state index contributed by atoms with van der Waals surface area (Å²) in [7, 11) is 2.06. The van der Waals surface area contributed by atoms with E-state index >= 15 is 0 Å². The van der Waals surface area contributed by atoms with Gasteiger partial charge < -0.3 is 5.73 Å². The highest BCUT2D eigenvalue weighted by Crippen LogP contribution is 2.34. The first-order valence-electron chi connectivity index (χ1n) is 6.55. The summed E-state index contributed by atoms with van der Waals surface area (Å²) in [5.74, 6) is 0.724. The summed E-state index contributed by atoms with van der Waals surface area (Å²) >= 11 is 1.48. The summed E-state index contributed by atoms with van der Waals surface area (Å²) in [6.45, 7) is 1.35. The standard InChI is InChI=1S/C13H18N4OS.ClH/c1-16(11(7-14)9-2-3-9)8-10-6-12(18)17-4-5-19-13(17)15-10;/h4-6,9,11H,2-3,7-8,14H2,1H3;1H. The Balaban J connectivity index is 0.00000147. The van der Waals surface area contributed by atoms with E-state index in [-0.39, 0.29) is 18.0 Å². The lowest BCUT2D eigenvalue weighted by molar-refractivity contribution is 0.213. The summed E-state index contributed by atoms with van der Waals surface area (Å²) in [6.07, 6.45) is 4.30. The van der Waals surface area contributed by atoms with Gasteiger partial charge in [-0.3, -0.25) is 14.1 Å². The third kappa shape index (κ3) is 3.03. The lowest BCUT2D eigenvalue weighted by atomic mass is 10.1. The van der Waals surface area contributed by atoms with Crippen LogP contribution in [0.2, 0.25) is 0 Å². The van der Waals surface area contributed by atoms with Crippen LogP contribution in [-0.4, -0.2) is 33.9 Å². The van der Waals surface area contributed by atoms with Gasteiger partial charge in [-0.25, -0.2) is 4.98 Å². The van der Waals surface area contributed by atoms with Gasteiger partial charge in [0.1, 0.15) is 0 Å². The Labute approximate surface area is 127 Å². The zero-order valence-electron chi connectivity index (χ0n) is 11.4. The van der Waals surface area contributed by atoms with Gasteiger partial charge in [-0.1, -0.05) is 0 Å². The van der Waals surface area contributed by atoms with Gasteiger partial charge in [-0.15, -0.1) is 23.7 Å². The van der Waals surface area contributed by atoms with Crippen LogP contribution in [0.4, 0.5) is 0 Å². The molecule has 0 spiro atoms. The van der Waals surface area contributed by atoms with E-state index in [0.29, 0.717) is 19.1 Å². The fraction of sp³-hybridized carbons (Fsp3) is 0.538. The molecule has 0 aliphatic heterocycles. The summed E-state index contributed by atoms with van der Waals surface area (Å²) < 4.78 is 1.58. The number of thiazole rings is 1. The van der Waals surface area contributed by atoms with Crippen LogP contribution >= 0.6 is 23.7 Å². The van der Waals surface area contributed by atoms with Crippen molar-refractivity contribution in [1.29, 1.82) is 0 Å². The molecule has 1 fully saturated rings. The van der Waals surface area contributed by atoms with Crippen molar-refractivity contribution in [1.82, 2.24) is 14.3 Å². The van der Waals surface area contributed by atoms with Crippen LogP contribution in [0.15, 0.2) is 22.4 Å². The number of hydrogen-bond acceptors (Lipinski definition) is 5. The van der Waals surface area contributed by atoms with Crippen LogP contribution in [-0.2, 0) is 6.54 Å². The lowest BCUT2D eigenvalue weighted by Gasteiger charge is -2.26. The number of halogens is 1. The Hall–Kier alpha value is -0.950. The normalized spacial score (nSPS) is 16.4. The van der Waals surface area contributed by atoms with E-state index in [1.807, 2.05) is 5.38 Å². The van der Waals surface area contributed by atoms with Crippen molar-refractivity contribution >= 4 is 28.7 Å². The SMILES string of the molecule is CN(Cc1cc(=O)n2ccsc2n1)C(CN)C1CC1.Cl. The van der Waals surface area contributed by atoms with Crippen LogP contribution in [0.1, 0.15) is 18.5 Å². The third-order valence-corrected chi connectivity index (χ3v) is 4.50. The number of nitrogens with zero attached hydrogens (tertiary/aromatic N) is 3. The van der Waals surface area contributed by atoms with Crippen LogP contribution in [0, 0.1) is 5.92 Å². The van der Waals surface area contributed by atoms with Crippen molar-refractivity contribution in [2.45, 2.75) is 25.4 Å². The van der Waals surface area contributed by atoms with Crippen molar-refractivity contribution in [3.05, 3.63) is 33.7 Å². The van der Waals surface area contributed by atoms with Gasteiger partial charge in [0.15, 0.2) is 4.96 Å². The minimum absolute atomic E-state index is 0. The van der Waals surface area contributed by atoms with Crippen LogP contribution in [0.25, 0.3) is 4.96 Å². The lowest BCUT2D eigenvalue weighted by Crippen LogP contribution is -2.39. The van der Waals surface area contributed by atoms with Crippen molar-refractivity contribution in [2.75, 3.05) is 13.6 Å². The summed E-state index contributed by atoms with van der Waals surface area (Å²) in [5.41, 5.74) is 6.67. The first-order chi connectivity index (χ1) is 9.19. The topological polar surface area (TPSA) is 63.6 Å². The molecule has 0 bridgehead atoms. The average Bonchev–Trinajstić information content (AvgIpc) is 3.07. The van der Waals surface area contributed by atoms with Crippen molar-refractivity contribution in [3.63, 3.8) is 0 Å². The number of nitrogens with two attached hydrogens (primary N) is 1. The minimum atomic E-state index is -0.00892. The molecule has 1 aliphatic rings. The summed E-state index contributed by atoms with van der Waals surface area (Å²) in [5, 5.41) is 1.88. The van der Waals surface area contributed by atoms with Crippen LogP contribution in [0.5, 0.6) is 0 Å². The maximum Gasteiger partial charge on any atom is 0.258 e. The number of fused-ring (bicyclic) bond motifs is 1. The molecule has 1 unspecified atom stereocenters. The van der Waals surface area contributed by atoms with E-state index in [9.17, 15) is 4.79 Å². The molecule has 1 saturated carbocycles. The molecule has 3 rings (SSSR count). The molecule has 20 heavy (non-hydrogen) atoms. The van der Waals surface area contributed by atoms with Crippen molar-refractivity contribution in [3.8, 4) is 0 Å². The Bertz CT molecular complexity index is 637. The Morgan fingerprint density at radius 1 is 1.60 bits per heavy atom. The second kappa shape index (κ2) is 6.22. The van der Waals surface area contributed by atoms with E-state index in [0.717, 1.165) is 16.6 Å². The van der Waals surface area contributed by atoms with Crippen molar-refractivity contribution < 1.29 is 0 Å². The highest BCUT2D eigenvalue weighted by molar-refractivity contribution is 7.15. The monoisotopic (exact) mass is 314 g/mol. The number of aromatic nitrogens is 2. The van der Waals surface area contributed by atoms with Gasteiger partial charge in [0.25, 0.3) is 5.56 Å². The first-order valence-corrected chi connectivity index (χ1v) is 7.43. The van der Waals surface area contributed by atoms with E-state index in [2.05, 4.69) is 16.9 Å². The van der Waals surface area contributed by atoms with E-state index in [1.165, 1.54) is 24.2 Å². The third-order valence-electron chi connectivity index (χ3n) is 3.74. The average molecular weight is 315 g/mol. The second-order valence-electron chi connectivity index (χ2n) is 5.20. The predicted molar refractivity (Wildman–Crippen MR) is 83.6 cm³/mol. The summed E-state index contributed by atoms with van der Waals surface area (Å²) in [6, 6.07) is 2.03. The molecule has 110 valence electrons. The van der Waals surface area contributed by atoms with E-state index in [4.69, 9.17) is 5.73 Å². The smallest absolute Gasteiger partial charge is 0.258 e. The van der Waals surface area contributed by atoms with E-state index in [1.54, 1.807) is 16.7 Å². The number of likely N-dealkylation sites (N-methyl/N-ethyl adjacent to an activating group) is 1. The molecule has 7 heteroatoms. The first kappa shape index (κ1) is 15.4. The van der Waals surface area contributed by atoms with Crippen molar-refractivity contribution in [2.24, 2.45) is 11.7 Å². The quantitative estimate of drug-likeness (QED) is 0.905. The molecule has 5 nitrogen and oxygen atoms in total. The Kier molecular flexibility index (Phi) is 4.80. The largest absolute Gasteiger partial charge is 0.329 e. The molecule has 2 aromatic rings. The number of hydrogen-bond donors (Lipinski definition) is 1. The van der Waals surface area contributed by atoms with Gasteiger partial charge >= 0.3 is 0 Å².